The van der Waals surface area contributed by atoms with Gasteiger partial charge in [0.15, 0.2) is 0 Å². The number of benzene rings is 1. The zero-order valence-electron chi connectivity index (χ0n) is 17.2. The fourth-order valence-corrected chi connectivity index (χ4v) is 4.52. The molecule has 161 valence electrons. The molecular formula is C23H16ClN8O. The number of H-pyrrole nitrogens is 1. The van der Waals surface area contributed by atoms with Gasteiger partial charge in [-0.15, -0.1) is 5.10 Å². The first-order valence-electron chi connectivity index (χ1n) is 10.3. The van der Waals surface area contributed by atoms with Crippen LogP contribution in [-0.2, 0) is 6.42 Å². The molecule has 5 heterocycles. The second-order valence-corrected chi connectivity index (χ2v) is 8.21. The van der Waals surface area contributed by atoms with Crippen LogP contribution in [0.5, 0.6) is 0 Å². The molecule has 1 atom stereocenters. The summed E-state index contributed by atoms with van der Waals surface area (Å²) in [5.74, 6) is 0.753. The summed E-state index contributed by atoms with van der Waals surface area (Å²) in [5, 5.41) is 12.0. The minimum absolute atomic E-state index is 0.0958. The van der Waals surface area contributed by atoms with Crippen molar-refractivity contribution in [2.75, 3.05) is 0 Å². The van der Waals surface area contributed by atoms with Gasteiger partial charge in [-0.25, -0.2) is 4.98 Å². The Morgan fingerprint density at radius 1 is 1.12 bits per heavy atom. The number of hydrogen-bond donors (Lipinski definition) is 1. The third-order valence-electron chi connectivity index (χ3n) is 5.84. The number of rotatable bonds is 4. The van der Waals surface area contributed by atoms with E-state index in [1.54, 1.807) is 35.3 Å². The van der Waals surface area contributed by atoms with Gasteiger partial charge >= 0.3 is 0 Å². The van der Waals surface area contributed by atoms with Gasteiger partial charge in [0.2, 0.25) is 0 Å². The number of aromatic nitrogens is 8. The Kier molecular flexibility index (Phi) is 4.62. The molecule has 10 heteroatoms. The predicted molar refractivity (Wildman–Crippen MR) is 121 cm³/mol. The van der Waals surface area contributed by atoms with E-state index in [1.165, 1.54) is 6.33 Å². The highest BCUT2D eigenvalue weighted by Crippen LogP contribution is 2.34. The first kappa shape index (κ1) is 19.6. The lowest BCUT2D eigenvalue weighted by molar-refractivity contribution is 0.572. The van der Waals surface area contributed by atoms with E-state index in [2.05, 4.69) is 36.7 Å². The number of aromatic amines is 1. The van der Waals surface area contributed by atoms with E-state index in [0.717, 1.165) is 52.4 Å². The quantitative estimate of drug-likeness (QED) is 0.445. The van der Waals surface area contributed by atoms with Gasteiger partial charge < -0.3 is 9.55 Å². The van der Waals surface area contributed by atoms with Crippen LogP contribution in [0.15, 0.2) is 66.0 Å². The van der Waals surface area contributed by atoms with Gasteiger partial charge in [-0.2, -0.15) is 4.68 Å². The molecule has 1 radical (unpaired) electrons. The van der Waals surface area contributed by atoms with Crippen molar-refractivity contribution in [3.8, 4) is 28.1 Å². The average Bonchev–Trinajstić information content (AvgIpc) is 3.60. The van der Waals surface area contributed by atoms with Crippen molar-refractivity contribution >= 4 is 11.6 Å². The van der Waals surface area contributed by atoms with E-state index < -0.39 is 0 Å². The lowest BCUT2D eigenvalue weighted by Gasteiger charge is -2.15. The largest absolute Gasteiger partial charge is 0.340 e. The Bertz CT molecular complexity index is 1510. The summed E-state index contributed by atoms with van der Waals surface area (Å²) in [7, 11) is 0. The van der Waals surface area contributed by atoms with Crippen molar-refractivity contribution in [3.63, 3.8) is 0 Å². The average molecular weight is 456 g/mol. The van der Waals surface area contributed by atoms with Gasteiger partial charge in [0.05, 0.1) is 29.8 Å². The van der Waals surface area contributed by atoms with Crippen LogP contribution in [0.4, 0.5) is 0 Å². The fraction of sp³-hybridized carbons (Fsp3) is 0.130. The van der Waals surface area contributed by atoms with Crippen LogP contribution >= 0.6 is 11.6 Å². The molecule has 0 saturated carbocycles. The molecule has 5 aromatic rings. The number of tetrazole rings is 1. The maximum absolute atomic E-state index is 13.3. The number of imidazole rings is 1. The van der Waals surface area contributed by atoms with Gasteiger partial charge in [-0.3, -0.25) is 9.78 Å². The summed E-state index contributed by atoms with van der Waals surface area (Å²) < 4.78 is 3.37. The monoisotopic (exact) mass is 455 g/mol. The van der Waals surface area contributed by atoms with Crippen LogP contribution in [0.25, 0.3) is 28.1 Å². The summed E-state index contributed by atoms with van der Waals surface area (Å²) in [4.78, 5) is 25.2. The Morgan fingerprint density at radius 2 is 2.06 bits per heavy atom. The molecule has 1 N–H and O–H groups in total. The number of aryl methyl sites for hydroxylation is 1. The van der Waals surface area contributed by atoms with Gasteiger partial charge in [0.25, 0.3) is 5.56 Å². The van der Waals surface area contributed by atoms with Crippen molar-refractivity contribution in [1.82, 2.24) is 39.7 Å². The third kappa shape index (κ3) is 3.42. The second kappa shape index (κ2) is 7.79. The zero-order valence-corrected chi connectivity index (χ0v) is 17.9. The van der Waals surface area contributed by atoms with E-state index in [9.17, 15) is 4.79 Å². The molecule has 0 saturated heterocycles. The number of fused-ring (bicyclic) bond motifs is 1. The molecule has 0 unspecified atom stereocenters. The highest BCUT2D eigenvalue weighted by molar-refractivity contribution is 6.31. The number of halogens is 1. The molecule has 9 nitrogen and oxygen atoms in total. The summed E-state index contributed by atoms with van der Waals surface area (Å²) in [6.07, 6.45) is 9.32. The molecule has 33 heavy (non-hydrogen) atoms. The Morgan fingerprint density at radius 3 is 2.88 bits per heavy atom. The van der Waals surface area contributed by atoms with Crippen molar-refractivity contribution in [2.45, 2.75) is 18.9 Å². The minimum atomic E-state index is -0.156. The van der Waals surface area contributed by atoms with E-state index in [0.29, 0.717) is 5.02 Å². The van der Waals surface area contributed by atoms with Crippen molar-refractivity contribution < 1.29 is 0 Å². The molecule has 0 aliphatic carbocycles. The first-order chi connectivity index (χ1) is 16.2. The molecule has 0 fully saturated rings. The third-order valence-corrected chi connectivity index (χ3v) is 6.07. The highest BCUT2D eigenvalue weighted by atomic mass is 35.5. The van der Waals surface area contributed by atoms with Gasteiger partial charge in [0.1, 0.15) is 12.2 Å². The van der Waals surface area contributed by atoms with Gasteiger partial charge in [0, 0.05) is 34.1 Å². The highest BCUT2D eigenvalue weighted by Gasteiger charge is 2.28. The number of nitrogens with one attached hydrogen (secondary N) is 1. The molecule has 1 aliphatic heterocycles. The molecule has 1 aromatic carbocycles. The summed E-state index contributed by atoms with van der Waals surface area (Å²) in [6.45, 7) is 0. The Balaban J connectivity index is 1.40. The van der Waals surface area contributed by atoms with Crippen molar-refractivity contribution in [1.29, 1.82) is 0 Å². The molecule has 0 bridgehead atoms. The lowest BCUT2D eigenvalue weighted by Crippen LogP contribution is -2.23. The number of hydrogen-bond acceptors (Lipinski definition) is 6. The lowest BCUT2D eigenvalue weighted by atomic mass is 10.0. The fourth-order valence-electron chi connectivity index (χ4n) is 4.35. The van der Waals surface area contributed by atoms with Crippen LogP contribution in [-0.4, -0.2) is 39.7 Å². The van der Waals surface area contributed by atoms with Gasteiger partial charge in [-0.05, 0) is 65.2 Å². The minimum Gasteiger partial charge on any atom is -0.340 e. The smallest absolute Gasteiger partial charge is 0.252 e. The Labute approximate surface area is 192 Å². The van der Waals surface area contributed by atoms with Crippen molar-refractivity contribution in [2.24, 2.45) is 0 Å². The SMILES string of the molecule is O=c1cc(-c2cc(Cl)ccc2-n2cnnn2)cc2n1[C@H](c1ncc(-c3cc[c]nc3)[nH]1)CC2. The summed E-state index contributed by atoms with van der Waals surface area (Å²) in [5.41, 5.74) is 4.92. The van der Waals surface area contributed by atoms with Crippen LogP contribution in [0.3, 0.4) is 0 Å². The van der Waals surface area contributed by atoms with Gasteiger partial charge in [-0.1, -0.05) is 11.6 Å². The Hall–Kier alpha value is -4.11. The second-order valence-electron chi connectivity index (χ2n) is 7.77. The molecule has 0 amide bonds. The van der Waals surface area contributed by atoms with Crippen LogP contribution in [0, 0.1) is 6.20 Å². The molecular weight excluding hydrogens is 440 g/mol. The molecule has 0 spiro atoms. The normalized spacial score (nSPS) is 15.0. The van der Waals surface area contributed by atoms with E-state index in [4.69, 9.17) is 11.6 Å². The number of pyridine rings is 2. The van der Waals surface area contributed by atoms with E-state index >= 15 is 0 Å². The molecule has 1 aliphatic rings. The summed E-state index contributed by atoms with van der Waals surface area (Å²) in [6, 6.07) is 12.6. The standard InChI is InChI=1S/C23H16ClN8O/c24-16-3-5-20(31-13-27-29-30-31)18(10-16)15-8-17-4-6-21(32(17)22(33)9-15)23-26-12-19(28-23)14-2-1-7-25-11-14/h1-3,5,8-13,21H,4,6H2,(H,26,28)/t21-/m0/s1. The first-order valence-corrected chi connectivity index (χ1v) is 10.7. The maximum atomic E-state index is 13.3. The zero-order chi connectivity index (χ0) is 22.4. The molecule has 4 aromatic heterocycles. The van der Waals surface area contributed by atoms with Crippen LogP contribution < -0.4 is 5.56 Å². The van der Waals surface area contributed by atoms with Crippen LogP contribution in [0.1, 0.15) is 24.0 Å². The van der Waals surface area contributed by atoms with E-state index in [-0.39, 0.29) is 11.6 Å². The molecule has 6 rings (SSSR count). The van der Waals surface area contributed by atoms with Crippen molar-refractivity contribution in [3.05, 3.63) is 94.3 Å². The number of nitrogens with zero attached hydrogens (tertiary/aromatic N) is 7. The maximum Gasteiger partial charge on any atom is 0.252 e. The topological polar surface area (TPSA) is 107 Å². The van der Waals surface area contributed by atoms with E-state index in [1.807, 2.05) is 28.8 Å². The van der Waals surface area contributed by atoms with Crippen LogP contribution in [0.2, 0.25) is 5.02 Å². The summed E-state index contributed by atoms with van der Waals surface area (Å²) >= 11 is 6.28. The predicted octanol–water partition coefficient (Wildman–Crippen LogP) is 3.27.